The Hall–Kier alpha value is -2.90. The van der Waals surface area contributed by atoms with Gasteiger partial charge in [-0.1, -0.05) is 12.1 Å². The first kappa shape index (κ1) is 24.2. The second-order valence-electron chi connectivity index (χ2n) is 8.21. The predicted molar refractivity (Wildman–Crippen MR) is 139 cm³/mol. The summed E-state index contributed by atoms with van der Waals surface area (Å²) in [4.78, 5) is 6.05. The molecule has 1 aliphatic rings. The van der Waals surface area contributed by atoms with Gasteiger partial charge >= 0.3 is 0 Å². The molecule has 0 bridgehead atoms. The van der Waals surface area contributed by atoms with E-state index in [4.69, 9.17) is 9.47 Å². The lowest BCUT2D eigenvalue weighted by molar-refractivity contribution is 0.249. The second kappa shape index (κ2) is 11.5. The van der Waals surface area contributed by atoms with Crippen molar-refractivity contribution in [2.45, 2.75) is 18.4 Å². The molecular weight excluding hydrogens is 449 g/mol. The molecule has 0 saturated carbocycles. The Labute approximate surface area is 206 Å². The highest BCUT2D eigenvalue weighted by Gasteiger charge is 2.18. The van der Waals surface area contributed by atoms with E-state index >= 15 is 0 Å². The molecule has 1 heterocycles. The Morgan fingerprint density at radius 1 is 0.882 bits per heavy atom. The quantitative estimate of drug-likeness (QED) is 0.364. The Bertz CT molecular complexity index is 1070. The second-order valence-corrected chi connectivity index (χ2v) is 9.31. The smallest absolute Gasteiger partial charge is 0.161 e. The molecule has 0 radical (unpaired) electrons. The first-order valence-corrected chi connectivity index (χ1v) is 12.4. The van der Waals surface area contributed by atoms with Crippen LogP contribution in [0.25, 0.3) is 0 Å². The first-order chi connectivity index (χ1) is 16.6. The number of halogens is 1. The summed E-state index contributed by atoms with van der Waals surface area (Å²) in [6.07, 6.45) is 0. The van der Waals surface area contributed by atoms with E-state index in [1.165, 1.54) is 17.3 Å². The number of nitrogens with zero attached hydrogens (tertiary/aromatic N) is 3. The van der Waals surface area contributed by atoms with Gasteiger partial charge in [0.15, 0.2) is 11.5 Å². The molecule has 1 saturated heterocycles. The molecule has 34 heavy (non-hydrogen) atoms. The van der Waals surface area contributed by atoms with Crippen molar-refractivity contribution in [1.29, 1.82) is 0 Å². The van der Waals surface area contributed by atoms with Crippen molar-refractivity contribution < 1.29 is 13.9 Å². The van der Waals surface area contributed by atoms with Crippen LogP contribution in [0.5, 0.6) is 11.5 Å². The number of hydrogen-bond donors (Lipinski definition) is 0. The molecule has 0 atom stereocenters. The SMILES string of the molecule is CCN(Sc1ccc(N2CCN(Cc3ccc(OC)c(OC)c3)CC2)cc1)c1cccc(F)c1. The summed E-state index contributed by atoms with van der Waals surface area (Å²) in [7, 11) is 3.33. The van der Waals surface area contributed by atoms with Gasteiger partial charge in [-0.3, -0.25) is 4.90 Å². The van der Waals surface area contributed by atoms with Crippen LogP contribution >= 0.6 is 11.9 Å². The molecule has 5 nitrogen and oxygen atoms in total. The molecule has 180 valence electrons. The molecule has 0 spiro atoms. The van der Waals surface area contributed by atoms with Crippen LogP contribution in [0.3, 0.4) is 0 Å². The fraction of sp³-hybridized carbons (Fsp3) is 0.333. The van der Waals surface area contributed by atoms with Crippen molar-refractivity contribution in [3.05, 3.63) is 78.1 Å². The predicted octanol–water partition coefficient (Wildman–Crippen LogP) is 5.70. The minimum Gasteiger partial charge on any atom is -0.493 e. The van der Waals surface area contributed by atoms with E-state index in [2.05, 4.69) is 57.4 Å². The van der Waals surface area contributed by atoms with E-state index in [9.17, 15) is 4.39 Å². The molecule has 1 aliphatic heterocycles. The third-order valence-corrected chi connectivity index (χ3v) is 7.20. The monoisotopic (exact) mass is 481 g/mol. The maximum Gasteiger partial charge on any atom is 0.161 e. The zero-order valence-electron chi connectivity index (χ0n) is 20.0. The molecule has 0 unspecified atom stereocenters. The minimum atomic E-state index is -0.211. The van der Waals surface area contributed by atoms with Gasteiger partial charge in [0.25, 0.3) is 0 Å². The van der Waals surface area contributed by atoms with E-state index in [0.717, 1.165) is 61.4 Å². The van der Waals surface area contributed by atoms with Crippen LogP contribution in [0.4, 0.5) is 15.8 Å². The molecule has 4 rings (SSSR count). The summed E-state index contributed by atoms with van der Waals surface area (Å²) in [6, 6.07) is 21.6. The lowest BCUT2D eigenvalue weighted by Crippen LogP contribution is -2.45. The maximum atomic E-state index is 13.6. The van der Waals surface area contributed by atoms with E-state index in [-0.39, 0.29) is 5.82 Å². The Balaban J connectivity index is 1.31. The van der Waals surface area contributed by atoms with Gasteiger partial charge in [0, 0.05) is 49.9 Å². The Morgan fingerprint density at radius 3 is 2.26 bits per heavy atom. The highest BCUT2D eigenvalue weighted by molar-refractivity contribution is 8.00. The number of ether oxygens (including phenoxy) is 2. The summed E-state index contributed by atoms with van der Waals surface area (Å²) < 4.78 is 26.5. The van der Waals surface area contributed by atoms with E-state index in [0.29, 0.717) is 0 Å². The third-order valence-electron chi connectivity index (χ3n) is 6.03. The highest BCUT2D eigenvalue weighted by atomic mass is 32.2. The standard InChI is InChI=1S/C27H32FN3O2S/c1-4-31(24-7-5-6-22(28)19-24)34-25-11-9-23(10-12-25)30-16-14-29(15-17-30)20-21-8-13-26(32-2)27(18-21)33-3/h5-13,18-19H,4,14-17,20H2,1-3H3. The topological polar surface area (TPSA) is 28.2 Å². The molecule has 0 aromatic heterocycles. The van der Waals surface area contributed by atoms with Gasteiger partial charge < -0.3 is 18.7 Å². The van der Waals surface area contributed by atoms with Gasteiger partial charge in [-0.2, -0.15) is 0 Å². The number of anilines is 2. The minimum absolute atomic E-state index is 0.211. The van der Waals surface area contributed by atoms with Crippen LogP contribution in [0.1, 0.15) is 12.5 Å². The van der Waals surface area contributed by atoms with Crippen LogP contribution < -0.4 is 18.7 Å². The van der Waals surface area contributed by atoms with Crippen molar-refractivity contribution in [1.82, 2.24) is 4.90 Å². The fourth-order valence-electron chi connectivity index (χ4n) is 4.18. The lowest BCUT2D eigenvalue weighted by atomic mass is 10.1. The van der Waals surface area contributed by atoms with E-state index in [1.807, 2.05) is 12.1 Å². The Kier molecular flexibility index (Phi) is 8.19. The number of methoxy groups -OCH3 is 2. The number of benzene rings is 3. The summed E-state index contributed by atoms with van der Waals surface area (Å²) in [5.74, 6) is 1.32. The van der Waals surface area contributed by atoms with Gasteiger partial charge in [0.05, 0.1) is 19.9 Å². The summed E-state index contributed by atoms with van der Waals surface area (Å²) in [5.41, 5.74) is 3.34. The summed E-state index contributed by atoms with van der Waals surface area (Å²) in [5, 5.41) is 0. The molecule has 0 N–H and O–H groups in total. The maximum absolute atomic E-state index is 13.6. The van der Waals surface area contributed by atoms with Crippen molar-refractivity contribution in [2.75, 3.05) is 56.1 Å². The third kappa shape index (κ3) is 5.96. The number of rotatable bonds is 9. The van der Waals surface area contributed by atoms with Crippen LogP contribution in [0, 0.1) is 5.82 Å². The molecule has 0 amide bonds. The lowest BCUT2D eigenvalue weighted by Gasteiger charge is -2.36. The van der Waals surface area contributed by atoms with Crippen LogP contribution in [-0.2, 0) is 6.54 Å². The highest BCUT2D eigenvalue weighted by Crippen LogP contribution is 2.31. The Morgan fingerprint density at radius 2 is 1.62 bits per heavy atom. The van der Waals surface area contributed by atoms with E-state index < -0.39 is 0 Å². The van der Waals surface area contributed by atoms with Gasteiger partial charge in [-0.05, 0) is 79.0 Å². The number of hydrogen-bond acceptors (Lipinski definition) is 6. The average molecular weight is 482 g/mol. The zero-order valence-corrected chi connectivity index (χ0v) is 20.9. The van der Waals surface area contributed by atoms with Crippen LogP contribution in [-0.4, -0.2) is 51.8 Å². The summed E-state index contributed by atoms with van der Waals surface area (Å²) in [6.45, 7) is 7.76. The van der Waals surface area contributed by atoms with Gasteiger partial charge in [-0.25, -0.2) is 4.39 Å². The molecule has 3 aromatic carbocycles. The van der Waals surface area contributed by atoms with Crippen molar-refractivity contribution >= 4 is 23.3 Å². The first-order valence-electron chi connectivity index (χ1n) is 11.6. The van der Waals surface area contributed by atoms with Crippen molar-refractivity contribution in [3.63, 3.8) is 0 Å². The van der Waals surface area contributed by atoms with Gasteiger partial charge in [0.1, 0.15) is 5.82 Å². The number of piperazine rings is 1. The van der Waals surface area contributed by atoms with Crippen LogP contribution in [0.2, 0.25) is 0 Å². The molecule has 7 heteroatoms. The molecule has 1 fully saturated rings. The summed E-state index contributed by atoms with van der Waals surface area (Å²) >= 11 is 1.63. The fourth-order valence-corrected chi connectivity index (χ4v) is 5.04. The van der Waals surface area contributed by atoms with E-state index in [1.54, 1.807) is 38.3 Å². The van der Waals surface area contributed by atoms with Crippen molar-refractivity contribution in [3.8, 4) is 11.5 Å². The van der Waals surface area contributed by atoms with Crippen LogP contribution in [0.15, 0.2) is 71.6 Å². The van der Waals surface area contributed by atoms with Gasteiger partial charge in [-0.15, -0.1) is 0 Å². The largest absolute Gasteiger partial charge is 0.493 e. The van der Waals surface area contributed by atoms with Crippen molar-refractivity contribution in [2.24, 2.45) is 0 Å². The molecular formula is C27H32FN3O2S. The average Bonchev–Trinajstić information content (AvgIpc) is 2.88. The molecule has 3 aromatic rings. The normalized spacial score (nSPS) is 14.2. The van der Waals surface area contributed by atoms with Gasteiger partial charge in [0.2, 0.25) is 0 Å². The molecule has 0 aliphatic carbocycles. The zero-order chi connectivity index (χ0) is 23.9.